The molecule has 2 N–H and O–H groups in total. The molecule has 25 heavy (non-hydrogen) atoms. The monoisotopic (exact) mass is 344 g/mol. The number of benzene rings is 1. The average Bonchev–Trinajstić information content (AvgIpc) is 2.92. The molecule has 1 aromatic carbocycles. The van der Waals surface area contributed by atoms with Crippen molar-refractivity contribution >= 4 is 18.6 Å². The number of ether oxygens (including phenoxy) is 2. The summed E-state index contributed by atoms with van der Waals surface area (Å²) in [6.45, 7) is 1.75. The summed E-state index contributed by atoms with van der Waals surface area (Å²) in [5.41, 5.74) is 0.943. The lowest BCUT2D eigenvalue weighted by molar-refractivity contribution is -0.145. The second kappa shape index (κ2) is 7.08. The van der Waals surface area contributed by atoms with Gasteiger partial charge in [-0.1, -0.05) is 6.92 Å². The van der Waals surface area contributed by atoms with Gasteiger partial charge in [-0.2, -0.15) is 0 Å². The highest BCUT2D eigenvalue weighted by Gasteiger charge is 2.44. The third kappa shape index (κ3) is 3.28. The normalized spacial score (nSPS) is 17.1. The second-order valence-corrected chi connectivity index (χ2v) is 5.54. The Kier molecular flexibility index (Phi) is 4.87. The number of methoxy groups -OCH3 is 1. The molecule has 0 radical (unpaired) electrons. The summed E-state index contributed by atoms with van der Waals surface area (Å²) >= 11 is 0. The Balaban J connectivity index is 2.01. The third-order valence-electron chi connectivity index (χ3n) is 4.08. The Morgan fingerprint density at radius 3 is 2.84 bits per heavy atom. The van der Waals surface area contributed by atoms with Crippen molar-refractivity contribution in [3.05, 3.63) is 36.3 Å². The Labute approximate surface area is 144 Å². The van der Waals surface area contributed by atoms with Crippen molar-refractivity contribution in [1.29, 1.82) is 0 Å². The fourth-order valence-electron chi connectivity index (χ4n) is 2.91. The van der Waals surface area contributed by atoms with E-state index in [0.29, 0.717) is 28.9 Å². The van der Waals surface area contributed by atoms with Crippen LogP contribution in [0.3, 0.4) is 0 Å². The maximum atomic E-state index is 11.5. The van der Waals surface area contributed by atoms with Crippen molar-refractivity contribution in [2.24, 2.45) is 5.92 Å². The number of aliphatic carboxylic acids is 1. The van der Waals surface area contributed by atoms with Gasteiger partial charge in [0.05, 0.1) is 25.3 Å². The minimum absolute atomic E-state index is 0.284. The average molecular weight is 344 g/mol. The lowest BCUT2D eigenvalue weighted by atomic mass is 9.78. The molecular weight excluding hydrogens is 327 g/mol. The zero-order chi connectivity index (χ0) is 18.0. The van der Waals surface area contributed by atoms with Crippen molar-refractivity contribution in [1.82, 2.24) is 9.97 Å². The van der Waals surface area contributed by atoms with Crippen LogP contribution in [0.15, 0.2) is 30.7 Å². The van der Waals surface area contributed by atoms with Gasteiger partial charge in [0.2, 0.25) is 5.88 Å². The van der Waals surface area contributed by atoms with Crippen LogP contribution in [0, 0.1) is 5.92 Å². The van der Waals surface area contributed by atoms with Gasteiger partial charge in [0.1, 0.15) is 11.5 Å². The summed E-state index contributed by atoms with van der Waals surface area (Å²) < 4.78 is 16.5. The lowest BCUT2D eigenvalue weighted by Crippen LogP contribution is -2.28. The zero-order valence-corrected chi connectivity index (χ0v) is 13.7. The van der Waals surface area contributed by atoms with Crippen LogP contribution in [0.25, 0.3) is 0 Å². The van der Waals surface area contributed by atoms with Crippen molar-refractivity contribution in [2.45, 2.75) is 19.4 Å². The smallest absolute Gasteiger partial charge is 0.492 e. The van der Waals surface area contributed by atoms with Gasteiger partial charge in [-0.25, -0.2) is 4.98 Å². The first-order valence-corrected chi connectivity index (χ1v) is 7.77. The Morgan fingerprint density at radius 2 is 2.24 bits per heavy atom. The summed E-state index contributed by atoms with van der Waals surface area (Å²) in [5.74, 6) is -0.738. The molecule has 0 bridgehead atoms. The fourth-order valence-corrected chi connectivity index (χ4v) is 2.91. The highest BCUT2D eigenvalue weighted by molar-refractivity contribution is 6.62. The molecule has 0 aliphatic carbocycles. The highest BCUT2D eigenvalue weighted by Crippen LogP contribution is 2.40. The highest BCUT2D eigenvalue weighted by atomic mass is 16.5. The quantitative estimate of drug-likeness (QED) is 0.751. The molecule has 2 heterocycles. The Hall–Kier alpha value is -2.65. The number of hydrogen-bond donors (Lipinski definition) is 2. The number of aromatic nitrogens is 2. The molecule has 3 rings (SSSR count). The van der Waals surface area contributed by atoms with E-state index in [-0.39, 0.29) is 5.88 Å². The molecule has 2 atom stereocenters. The van der Waals surface area contributed by atoms with Gasteiger partial charge in [-0.05, 0) is 17.9 Å². The number of fused-ring (bicyclic) bond motifs is 1. The van der Waals surface area contributed by atoms with E-state index in [1.807, 2.05) is 0 Å². The molecule has 1 aliphatic rings. The number of carbonyl (C=O) groups is 1. The van der Waals surface area contributed by atoms with E-state index in [0.717, 1.165) is 0 Å². The van der Waals surface area contributed by atoms with Gasteiger partial charge in [-0.15, -0.1) is 0 Å². The van der Waals surface area contributed by atoms with Crippen LogP contribution in [0.1, 0.15) is 25.0 Å². The van der Waals surface area contributed by atoms with Crippen LogP contribution < -0.4 is 14.9 Å². The second-order valence-electron chi connectivity index (χ2n) is 5.54. The molecule has 0 saturated carbocycles. The predicted molar refractivity (Wildman–Crippen MR) is 87.9 cm³/mol. The number of hydrogen-bond acceptors (Lipinski definition) is 7. The molecule has 2 unspecified atom stereocenters. The van der Waals surface area contributed by atoms with Crippen LogP contribution in [0.2, 0.25) is 0 Å². The number of nitrogens with zero attached hydrogens (tertiary/aromatic N) is 2. The third-order valence-corrected chi connectivity index (χ3v) is 4.08. The molecule has 1 aromatic heterocycles. The molecule has 2 aromatic rings. The summed E-state index contributed by atoms with van der Waals surface area (Å²) in [6, 6.07) is 3.20. The van der Waals surface area contributed by atoms with Gasteiger partial charge in [0.25, 0.3) is 0 Å². The topological polar surface area (TPSA) is 111 Å². The van der Waals surface area contributed by atoms with Gasteiger partial charge in [-0.3, -0.25) is 9.78 Å². The maximum absolute atomic E-state index is 11.5. The fraction of sp³-hybridized carbons (Fsp3) is 0.312. The molecule has 0 saturated heterocycles. The Bertz CT molecular complexity index is 773. The van der Waals surface area contributed by atoms with Crippen LogP contribution in [0.4, 0.5) is 0 Å². The molecular formula is C16H17BN2O6. The SMILES string of the molecule is CCC(C(=O)O)C1OB(O)c2cc(Oc3cnccn3)cc(OC)c21. The minimum Gasteiger partial charge on any atom is -0.496 e. The van der Waals surface area contributed by atoms with Gasteiger partial charge < -0.3 is 24.3 Å². The van der Waals surface area contributed by atoms with E-state index >= 15 is 0 Å². The van der Waals surface area contributed by atoms with E-state index < -0.39 is 25.1 Å². The molecule has 1 aliphatic heterocycles. The molecule has 0 spiro atoms. The number of carboxylic acids is 1. The van der Waals surface area contributed by atoms with E-state index in [2.05, 4.69) is 9.97 Å². The van der Waals surface area contributed by atoms with E-state index in [1.54, 1.807) is 19.1 Å². The Morgan fingerprint density at radius 1 is 1.44 bits per heavy atom. The first-order chi connectivity index (χ1) is 12.0. The predicted octanol–water partition coefficient (Wildman–Crippen LogP) is 1.15. The van der Waals surface area contributed by atoms with E-state index in [9.17, 15) is 14.9 Å². The zero-order valence-electron chi connectivity index (χ0n) is 13.7. The van der Waals surface area contributed by atoms with Crippen molar-refractivity contribution < 1.29 is 29.1 Å². The summed E-state index contributed by atoms with van der Waals surface area (Å²) in [5, 5.41) is 19.7. The largest absolute Gasteiger partial charge is 0.496 e. The first-order valence-electron chi connectivity index (χ1n) is 7.77. The molecule has 9 heteroatoms. The van der Waals surface area contributed by atoms with Crippen LogP contribution in [-0.4, -0.2) is 40.3 Å². The minimum atomic E-state index is -1.26. The molecule has 0 amide bonds. The van der Waals surface area contributed by atoms with Crippen molar-refractivity contribution in [3.63, 3.8) is 0 Å². The number of carboxylic acid groups (broad SMARTS) is 1. The summed E-state index contributed by atoms with van der Waals surface area (Å²) in [4.78, 5) is 19.4. The molecule has 8 nitrogen and oxygen atoms in total. The van der Waals surface area contributed by atoms with Crippen molar-refractivity contribution in [2.75, 3.05) is 7.11 Å². The van der Waals surface area contributed by atoms with Gasteiger partial charge in [0, 0.05) is 24.0 Å². The van der Waals surface area contributed by atoms with E-state index in [4.69, 9.17) is 14.1 Å². The van der Waals surface area contributed by atoms with Gasteiger partial charge in [0.15, 0.2) is 0 Å². The standard InChI is InChI=1S/C16H17BN2O6/c1-3-10(16(20)21)15-14-11(17(22)25-15)6-9(7-12(14)23-2)24-13-8-18-4-5-19-13/h4-8,10,15,22H,3H2,1-2H3,(H,20,21). The maximum Gasteiger partial charge on any atom is 0.492 e. The van der Waals surface area contributed by atoms with Crippen LogP contribution in [-0.2, 0) is 9.45 Å². The number of rotatable bonds is 6. The molecule has 0 fully saturated rings. The summed E-state index contributed by atoms with van der Waals surface area (Å²) in [7, 11) is 0.207. The summed E-state index contributed by atoms with van der Waals surface area (Å²) in [6.07, 6.45) is 4.02. The van der Waals surface area contributed by atoms with Crippen molar-refractivity contribution in [3.8, 4) is 17.4 Å². The lowest BCUT2D eigenvalue weighted by Gasteiger charge is -2.21. The van der Waals surface area contributed by atoms with Crippen LogP contribution >= 0.6 is 0 Å². The van der Waals surface area contributed by atoms with Gasteiger partial charge >= 0.3 is 13.1 Å². The first kappa shape index (κ1) is 17.2. The van der Waals surface area contributed by atoms with Crippen LogP contribution in [0.5, 0.6) is 17.4 Å². The van der Waals surface area contributed by atoms with E-state index in [1.165, 1.54) is 25.7 Å². The molecule has 130 valence electrons.